The second kappa shape index (κ2) is 5.58. The molecule has 1 amide bonds. The molecule has 6 heteroatoms. The molecule has 0 spiro atoms. The molecule has 2 aromatic heterocycles. The largest absolute Gasteiger partial charge is 0.337 e. The van der Waals surface area contributed by atoms with Crippen LogP contribution in [0.3, 0.4) is 0 Å². The van der Waals surface area contributed by atoms with Crippen LogP contribution in [0.5, 0.6) is 0 Å². The number of hydrogen-bond acceptors (Lipinski definition) is 3. The predicted octanol–water partition coefficient (Wildman–Crippen LogP) is 3.32. The van der Waals surface area contributed by atoms with E-state index in [9.17, 15) is 9.18 Å². The Morgan fingerprint density at radius 3 is 2.94 bits per heavy atom. The van der Waals surface area contributed by atoms with Crippen LogP contribution < -0.4 is 0 Å². The summed E-state index contributed by atoms with van der Waals surface area (Å²) in [6.07, 6.45) is 1.29. The molecule has 0 aromatic carbocycles. The molecule has 0 aliphatic heterocycles. The summed E-state index contributed by atoms with van der Waals surface area (Å²) in [4.78, 5) is 18.1. The van der Waals surface area contributed by atoms with Crippen molar-refractivity contribution in [3.63, 3.8) is 0 Å². The molecular weight excluding hydrogens is 319 g/mol. The molecule has 0 unspecified atom stereocenters. The van der Waals surface area contributed by atoms with Gasteiger partial charge in [-0.2, -0.15) is 4.39 Å². The lowest BCUT2D eigenvalue weighted by Gasteiger charge is -2.16. The maximum Gasteiger partial charge on any atom is 0.254 e. The number of aromatic nitrogens is 1. The molecule has 0 N–H and O–H groups in total. The highest BCUT2D eigenvalue weighted by Crippen LogP contribution is 2.21. The van der Waals surface area contributed by atoms with Gasteiger partial charge in [0.15, 0.2) is 0 Å². The average molecular weight is 329 g/mol. The summed E-state index contributed by atoms with van der Waals surface area (Å²) in [6, 6.07) is 4.61. The van der Waals surface area contributed by atoms with Gasteiger partial charge in [0.1, 0.15) is 0 Å². The summed E-state index contributed by atoms with van der Waals surface area (Å²) in [7, 11) is 1.69. The molecular formula is C12H10BrFN2OS. The van der Waals surface area contributed by atoms with Gasteiger partial charge in [-0.3, -0.25) is 4.79 Å². The predicted molar refractivity (Wildman–Crippen MR) is 72.0 cm³/mol. The molecule has 0 atom stereocenters. The second-order valence-electron chi connectivity index (χ2n) is 3.76. The fraction of sp³-hybridized carbons (Fsp3) is 0.167. The van der Waals surface area contributed by atoms with Crippen molar-refractivity contribution in [1.82, 2.24) is 9.88 Å². The number of carbonyl (C=O) groups is 1. The second-order valence-corrected chi connectivity index (χ2v) is 5.67. The van der Waals surface area contributed by atoms with Gasteiger partial charge in [0.2, 0.25) is 5.95 Å². The molecule has 0 saturated heterocycles. The van der Waals surface area contributed by atoms with E-state index >= 15 is 0 Å². The van der Waals surface area contributed by atoms with Gasteiger partial charge >= 0.3 is 0 Å². The van der Waals surface area contributed by atoms with E-state index in [0.717, 1.165) is 15.4 Å². The van der Waals surface area contributed by atoms with E-state index in [-0.39, 0.29) is 5.91 Å². The van der Waals surface area contributed by atoms with Crippen molar-refractivity contribution < 1.29 is 9.18 Å². The summed E-state index contributed by atoms with van der Waals surface area (Å²) < 4.78 is 13.9. The Morgan fingerprint density at radius 1 is 1.56 bits per heavy atom. The summed E-state index contributed by atoms with van der Waals surface area (Å²) in [5.41, 5.74) is 0.306. The summed E-state index contributed by atoms with van der Waals surface area (Å²) in [5, 5.41) is 1.96. The smallest absolute Gasteiger partial charge is 0.254 e. The first kappa shape index (κ1) is 13.2. The van der Waals surface area contributed by atoms with Gasteiger partial charge in [-0.05, 0) is 28.1 Å². The van der Waals surface area contributed by atoms with E-state index in [4.69, 9.17) is 0 Å². The number of carbonyl (C=O) groups excluding carboxylic acids is 1. The van der Waals surface area contributed by atoms with Crippen LogP contribution in [0.2, 0.25) is 0 Å². The van der Waals surface area contributed by atoms with E-state index in [1.54, 1.807) is 23.3 Å². The molecule has 2 rings (SSSR count). The molecule has 18 heavy (non-hydrogen) atoms. The third-order valence-corrected chi connectivity index (χ3v) is 4.02. The van der Waals surface area contributed by atoms with Crippen molar-refractivity contribution >= 4 is 33.2 Å². The highest BCUT2D eigenvalue weighted by molar-refractivity contribution is 9.10. The van der Waals surface area contributed by atoms with Crippen LogP contribution in [0.15, 0.2) is 34.2 Å². The molecule has 0 aliphatic carbocycles. The monoisotopic (exact) mass is 328 g/mol. The Kier molecular flexibility index (Phi) is 4.08. The standard InChI is InChI=1S/C12H10BrFN2OS/c1-16(6-10-5-9(13)7-18-10)12(17)8-2-3-15-11(14)4-8/h2-5,7H,6H2,1H3. The Bertz CT molecular complexity index is 573. The Balaban J connectivity index is 2.09. The van der Waals surface area contributed by atoms with Crippen molar-refractivity contribution in [1.29, 1.82) is 0 Å². The number of halogens is 2. The van der Waals surface area contributed by atoms with E-state index in [1.807, 2.05) is 11.4 Å². The topological polar surface area (TPSA) is 33.2 Å². The minimum atomic E-state index is -0.645. The van der Waals surface area contributed by atoms with E-state index < -0.39 is 5.95 Å². The van der Waals surface area contributed by atoms with E-state index in [2.05, 4.69) is 20.9 Å². The third kappa shape index (κ3) is 3.14. The zero-order chi connectivity index (χ0) is 13.1. The van der Waals surface area contributed by atoms with Gasteiger partial charge in [-0.25, -0.2) is 4.98 Å². The van der Waals surface area contributed by atoms with Crippen LogP contribution in [0.1, 0.15) is 15.2 Å². The lowest BCUT2D eigenvalue weighted by Crippen LogP contribution is -2.25. The van der Waals surface area contributed by atoms with Gasteiger partial charge in [-0.15, -0.1) is 11.3 Å². The summed E-state index contributed by atoms with van der Waals surface area (Å²) >= 11 is 4.93. The number of hydrogen-bond donors (Lipinski definition) is 0. The quantitative estimate of drug-likeness (QED) is 0.810. The van der Waals surface area contributed by atoms with Crippen LogP contribution in [-0.2, 0) is 6.54 Å². The number of pyridine rings is 1. The number of nitrogens with zero attached hydrogens (tertiary/aromatic N) is 2. The zero-order valence-corrected chi connectivity index (χ0v) is 12.0. The Morgan fingerprint density at radius 2 is 2.33 bits per heavy atom. The molecule has 2 aromatic rings. The summed E-state index contributed by atoms with van der Waals surface area (Å²) in [5.74, 6) is -0.867. The fourth-order valence-corrected chi connectivity index (χ4v) is 3.00. The zero-order valence-electron chi connectivity index (χ0n) is 9.56. The van der Waals surface area contributed by atoms with Crippen molar-refractivity contribution in [3.8, 4) is 0 Å². The molecule has 0 radical (unpaired) electrons. The highest BCUT2D eigenvalue weighted by atomic mass is 79.9. The molecule has 0 bridgehead atoms. The maximum atomic E-state index is 12.9. The Labute approximate surface area is 116 Å². The summed E-state index contributed by atoms with van der Waals surface area (Å²) in [6.45, 7) is 0.499. The Hall–Kier alpha value is -1.27. The first-order valence-electron chi connectivity index (χ1n) is 5.16. The maximum absolute atomic E-state index is 12.9. The van der Waals surface area contributed by atoms with Gasteiger partial charge in [0.25, 0.3) is 5.91 Å². The average Bonchev–Trinajstić information content (AvgIpc) is 2.73. The lowest BCUT2D eigenvalue weighted by atomic mass is 10.2. The number of amides is 1. The molecule has 94 valence electrons. The van der Waals surface area contributed by atoms with Gasteiger partial charge in [0.05, 0.1) is 6.54 Å². The van der Waals surface area contributed by atoms with Crippen LogP contribution in [0, 0.1) is 5.95 Å². The first-order valence-corrected chi connectivity index (χ1v) is 6.83. The minimum absolute atomic E-state index is 0.221. The minimum Gasteiger partial charge on any atom is -0.337 e. The van der Waals surface area contributed by atoms with Crippen LogP contribution in [-0.4, -0.2) is 22.8 Å². The van der Waals surface area contributed by atoms with Crippen molar-refractivity contribution in [2.45, 2.75) is 6.54 Å². The molecule has 0 aliphatic rings. The van der Waals surface area contributed by atoms with E-state index in [1.165, 1.54) is 12.3 Å². The number of rotatable bonds is 3. The first-order chi connectivity index (χ1) is 8.56. The molecule has 3 nitrogen and oxygen atoms in total. The molecule has 2 heterocycles. The highest BCUT2D eigenvalue weighted by Gasteiger charge is 2.13. The number of thiophene rings is 1. The van der Waals surface area contributed by atoms with Gasteiger partial charge in [0, 0.05) is 39.6 Å². The van der Waals surface area contributed by atoms with Crippen LogP contribution in [0.4, 0.5) is 4.39 Å². The normalized spacial score (nSPS) is 10.4. The molecule has 0 saturated carbocycles. The molecule has 0 fully saturated rings. The van der Waals surface area contributed by atoms with Crippen LogP contribution >= 0.6 is 27.3 Å². The van der Waals surface area contributed by atoms with Crippen molar-refractivity contribution in [3.05, 3.63) is 50.6 Å². The van der Waals surface area contributed by atoms with Gasteiger partial charge < -0.3 is 4.90 Å². The third-order valence-electron chi connectivity index (χ3n) is 2.33. The lowest BCUT2D eigenvalue weighted by molar-refractivity contribution is 0.0785. The van der Waals surface area contributed by atoms with E-state index in [0.29, 0.717) is 12.1 Å². The fourth-order valence-electron chi connectivity index (χ4n) is 1.50. The SMILES string of the molecule is CN(Cc1cc(Br)cs1)C(=O)c1ccnc(F)c1. The van der Waals surface area contributed by atoms with Crippen LogP contribution in [0.25, 0.3) is 0 Å². The van der Waals surface area contributed by atoms with Crippen molar-refractivity contribution in [2.24, 2.45) is 0 Å². The van der Waals surface area contributed by atoms with Gasteiger partial charge in [-0.1, -0.05) is 0 Å². The van der Waals surface area contributed by atoms with Crippen molar-refractivity contribution in [2.75, 3.05) is 7.05 Å².